The quantitative estimate of drug-likeness (QED) is 0.547. The first-order chi connectivity index (χ1) is 12.1. The molecule has 0 radical (unpaired) electrons. The van der Waals surface area contributed by atoms with E-state index in [1.807, 2.05) is 6.07 Å². The molecule has 2 rings (SSSR count). The van der Waals surface area contributed by atoms with Gasteiger partial charge in [-0.1, -0.05) is 29.3 Å². The summed E-state index contributed by atoms with van der Waals surface area (Å²) in [5, 5.41) is 16.0. The molecule has 0 aliphatic rings. The Hall–Kier alpha value is -1.37. The number of halogens is 3. The number of aliphatic hydroxyl groups excluding tert-OH is 1. The minimum Gasteiger partial charge on any atom is -0.488 e. The molecule has 0 fully saturated rings. The van der Waals surface area contributed by atoms with Crippen LogP contribution in [0.2, 0.25) is 10.0 Å². The summed E-state index contributed by atoms with van der Waals surface area (Å²) >= 11 is 12.1. The summed E-state index contributed by atoms with van der Waals surface area (Å²) in [6.07, 6.45) is 0. The van der Waals surface area contributed by atoms with Gasteiger partial charge in [0.15, 0.2) is 0 Å². The molecule has 136 valence electrons. The molecule has 0 aliphatic heterocycles. The van der Waals surface area contributed by atoms with E-state index in [0.29, 0.717) is 34.4 Å². The van der Waals surface area contributed by atoms with E-state index in [4.69, 9.17) is 33.0 Å². The van der Waals surface area contributed by atoms with Crippen LogP contribution in [0.4, 0.5) is 4.39 Å². The van der Waals surface area contributed by atoms with E-state index >= 15 is 0 Å². The third-order valence-corrected chi connectivity index (χ3v) is 4.13. The lowest BCUT2D eigenvalue weighted by Crippen LogP contribution is -2.28. The van der Waals surface area contributed by atoms with Gasteiger partial charge in [-0.25, -0.2) is 4.39 Å². The smallest absolute Gasteiger partial charge is 0.131 e. The van der Waals surface area contributed by atoms with Crippen molar-refractivity contribution < 1.29 is 14.2 Å². The summed E-state index contributed by atoms with van der Waals surface area (Å²) in [5.41, 5.74) is 1.20. The fourth-order valence-electron chi connectivity index (χ4n) is 2.25. The van der Waals surface area contributed by atoms with E-state index in [0.717, 1.165) is 18.7 Å². The molecule has 0 saturated heterocycles. The zero-order valence-corrected chi connectivity index (χ0v) is 15.2. The molecule has 4 nitrogen and oxygen atoms in total. The molecule has 0 amide bonds. The summed E-state index contributed by atoms with van der Waals surface area (Å²) in [6.45, 7) is 2.74. The lowest BCUT2D eigenvalue weighted by Gasteiger charge is -2.14. The number of aliphatic hydroxyl groups is 1. The van der Waals surface area contributed by atoms with Crippen molar-refractivity contribution in [3.05, 3.63) is 63.4 Å². The van der Waals surface area contributed by atoms with Gasteiger partial charge in [0.05, 0.1) is 11.6 Å². The van der Waals surface area contributed by atoms with Crippen LogP contribution in [0.3, 0.4) is 0 Å². The standard InChI is InChI=1S/C18H21Cl2FN2O2/c19-14-4-5-18(13(10-14)11-23-7-6-22-8-9-24)25-12-15-16(20)2-1-3-17(15)21/h1-5,10,22-24H,6-9,11-12H2. The summed E-state index contributed by atoms with van der Waals surface area (Å²) in [4.78, 5) is 0. The van der Waals surface area contributed by atoms with Crippen LogP contribution in [0.5, 0.6) is 5.75 Å². The molecule has 0 heterocycles. The Morgan fingerprint density at radius 1 is 1.04 bits per heavy atom. The van der Waals surface area contributed by atoms with E-state index in [1.165, 1.54) is 6.07 Å². The predicted molar refractivity (Wildman–Crippen MR) is 98.9 cm³/mol. The van der Waals surface area contributed by atoms with Crippen molar-refractivity contribution in [2.24, 2.45) is 0 Å². The number of ether oxygens (including phenoxy) is 1. The Morgan fingerprint density at radius 2 is 1.84 bits per heavy atom. The van der Waals surface area contributed by atoms with Gasteiger partial charge in [-0.05, 0) is 30.3 Å². The highest BCUT2D eigenvalue weighted by molar-refractivity contribution is 6.31. The van der Waals surface area contributed by atoms with Crippen molar-refractivity contribution in [2.75, 3.05) is 26.2 Å². The number of hydrogen-bond donors (Lipinski definition) is 3. The molecule has 25 heavy (non-hydrogen) atoms. The van der Waals surface area contributed by atoms with Crippen LogP contribution in [0.25, 0.3) is 0 Å². The monoisotopic (exact) mass is 386 g/mol. The average Bonchev–Trinajstić information content (AvgIpc) is 2.59. The van der Waals surface area contributed by atoms with Crippen LogP contribution in [0, 0.1) is 5.82 Å². The topological polar surface area (TPSA) is 53.5 Å². The number of rotatable bonds is 10. The fourth-order valence-corrected chi connectivity index (χ4v) is 2.66. The normalized spacial score (nSPS) is 10.9. The summed E-state index contributed by atoms with van der Waals surface area (Å²) in [6, 6.07) is 9.85. The van der Waals surface area contributed by atoms with Crippen molar-refractivity contribution in [3.63, 3.8) is 0 Å². The molecule has 7 heteroatoms. The minimum absolute atomic E-state index is 0.0399. The molecule has 0 aliphatic carbocycles. The zero-order chi connectivity index (χ0) is 18.1. The Bertz CT molecular complexity index is 666. The fraction of sp³-hybridized carbons (Fsp3) is 0.333. The molecule has 2 aromatic rings. The predicted octanol–water partition coefficient (Wildman–Crippen LogP) is 3.38. The van der Waals surface area contributed by atoms with E-state index in [-0.39, 0.29) is 13.2 Å². The first-order valence-electron chi connectivity index (χ1n) is 7.98. The Kier molecular flexibility index (Phi) is 8.44. The van der Waals surface area contributed by atoms with Crippen LogP contribution in [0.1, 0.15) is 11.1 Å². The van der Waals surface area contributed by atoms with Gasteiger partial charge in [-0.15, -0.1) is 0 Å². The number of nitrogens with one attached hydrogen (secondary N) is 2. The second kappa shape index (κ2) is 10.6. The minimum atomic E-state index is -0.393. The second-order valence-corrected chi connectivity index (χ2v) is 6.23. The highest BCUT2D eigenvalue weighted by atomic mass is 35.5. The molecule has 0 saturated carbocycles. The van der Waals surface area contributed by atoms with Crippen molar-refractivity contribution >= 4 is 23.2 Å². The van der Waals surface area contributed by atoms with E-state index in [1.54, 1.807) is 24.3 Å². The molecular formula is C18H21Cl2FN2O2. The van der Waals surface area contributed by atoms with Crippen LogP contribution in [-0.2, 0) is 13.2 Å². The van der Waals surface area contributed by atoms with Gasteiger partial charge >= 0.3 is 0 Å². The Morgan fingerprint density at radius 3 is 2.60 bits per heavy atom. The highest BCUT2D eigenvalue weighted by Crippen LogP contribution is 2.26. The number of hydrogen-bond acceptors (Lipinski definition) is 4. The Labute approximate surface area is 156 Å². The molecule has 0 atom stereocenters. The van der Waals surface area contributed by atoms with Crippen molar-refractivity contribution in [3.8, 4) is 5.75 Å². The molecule has 0 bridgehead atoms. The average molecular weight is 387 g/mol. The van der Waals surface area contributed by atoms with Crippen LogP contribution < -0.4 is 15.4 Å². The largest absolute Gasteiger partial charge is 0.488 e. The van der Waals surface area contributed by atoms with Gasteiger partial charge in [0.25, 0.3) is 0 Å². The summed E-state index contributed by atoms with van der Waals surface area (Å²) < 4.78 is 19.6. The first-order valence-corrected chi connectivity index (χ1v) is 8.74. The van der Waals surface area contributed by atoms with E-state index in [2.05, 4.69) is 10.6 Å². The Balaban J connectivity index is 1.96. The third kappa shape index (κ3) is 6.45. The third-order valence-electron chi connectivity index (χ3n) is 3.54. The van der Waals surface area contributed by atoms with Gasteiger partial charge in [0.2, 0.25) is 0 Å². The van der Waals surface area contributed by atoms with Crippen LogP contribution in [0.15, 0.2) is 36.4 Å². The van der Waals surface area contributed by atoms with Gasteiger partial charge in [-0.2, -0.15) is 0 Å². The molecule has 0 spiro atoms. The maximum atomic E-state index is 13.8. The molecule has 0 aromatic heterocycles. The van der Waals surface area contributed by atoms with Crippen LogP contribution in [-0.4, -0.2) is 31.3 Å². The van der Waals surface area contributed by atoms with Gasteiger partial charge in [-0.3, -0.25) is 0 Å². The SMILES string of the molecule is OCCNCCNCc1cc(Cl)ccc1OCc1c(F)cccc1Cl. The van der Waals surface area contributed by atoms with Crippen molar-refractivity contribution in [1.82, 2.24) is 10.6 Å². The molecular weight excluding hydrogens is 366 g/mol. The maximum Gasteiger partial charge on any atom is 0.131 e. The molecule has 0 unspecified atom stereocenters. The second-order valence-electron chi connectivity index (χ2n) is 5.39. The van der Waals surface area contributed by atoms with Gasteiger partial charge < -0.3 is 20.5 Å². The van der Waals surface area contributed by atoms with E-state index in [9.17, 15) is 4.39 Å². The molecule has 2 aromatic carbocycles. The summed E-state index contributed by atoms with van der Waals surface area (Å²) in [7, 11) is 0. The highest BCUT2D eigenvalue weighted by Gasteiger charge is 2.10. The van der Waals surface area contributed by atoms with Crippen molar-refractivity contribution in [2.45, 2.75) is 13.2 Å². The lowest BCUT2D eigenvalue weighted by molar-refractivity contribution is 0.292. The van der Waals surface area contributed by atoms with Crippen LogP contribution >= 0.6 is 23.2 Å². The first kappa shape index (κ1) is 19.9. The van der Waals surface area contributed by atoms with Gasteiger partial charge in [0.1, 0.15) is 18.2 Å². The molecule has 3 N–H and O–H groups in total. The van der Waals surface area contributed by atoms with Crippen molar-refractivity contribution in [1.29, 1.82) is 0 Å². The maximum absolute atomic E-state index is 13.8. The summed E-state index contributed by atoms with van der Waals surface area (Å²) in [5.74, 6) is 0.232. The lowest BCUT2D eigenvalue weighted by atomic mass is 10.2. The number of benzene rings is 2. The van der Waals surface area contributed by atoms with Gasteiger partial charge in [0, 0.05) is 42.3 Å². The van der Waals surface area contributed by atoms with E-state index < -0.39 is 5.82 Å². The zero-order valence-electron chi connectivity index (χ0n) is 13.7.